The van der Waals surface area contributed by atoms with Crippen molar-refractivity contribution in [3.63, 3.8) is 0 Å². The van der Waals surface area contributed by atoms with Crippen LogP contribution in [0.25, 0.3) is 0 Å². The maximum absolute atomic E-state index is 13.1. The molecular weight excluding hydrogens is 482 g/mol. The molecular formula is C21H28FIN6. The summed E-state index contributed by atoms with van der Waals surface area (Å²) in [5, 5.41) is 3.03. The van der Waals surface area contributed by atoms with Crippen LogP contribution in [0.1, 0.15) is 12.5 Å². The minimum absolute atomic E-state index is 0. The number of guanidine groups is 1. The van der Waals surface area contributed by atoms with E-state index in [0.717, 1.165) is 48.8 Å². The van der Waals surface area contributed by atoms with Crippen LogP contribution in [0.2, 0.25) is 0 Å². The van der Waals surface area contributed by atoms with Crippen LogP contribution in [0.3, 0.4) is 0 Å². The molecule has 3 rings (SSSR count). The lowest BCUT2D eigenvalue weighted by Crippen LogP contribution is -2.46. The first-order chi connectivity index (χ1) is 13.5. The van der Waals surface area contributed by atoms with Gasteiger partial charge in [0.25, 0.3) is 0 Å². The minimum Gasteiger partial charge on any atom is -0.370 e. The number of benzene rings is 1. The zero-order valence-electron chi connectivity index (χ0n) is 16.6. The summed E-state index contributed by atoms with van der Waals surface area (Å²) in [5.74, 6) is 1.15. The van der Waals surface area contributed by atoms with E-state index in [1.54, 1.807) is 0 Å². The molecule has 29 heavy (non-hydrogen) atoms. The molecule has 0 bridgehead atoms. The lowest BCUT2D eigenvalue weighted by Gasteiger charge is -2.36. The number of nitrogens with two attached hydrogens (primary N) is 1. The summed E-state index contributed by atoms with van der Waals surface area (Å²) in [7, 11) is 0. The first-order valence-corrected chi connectivity index (χ1v) is 9.40. The van der Waals surface area contributed by atoms with Crippen molar-refractivity contribution in [2.24, 2.45) is 10.7 Å². The molecule has 1 saturated heterocycles. The van der Waals surface area contributed by atoms with Gasteiger partial charge in [-0.3, -0.25) is 0 Å². The van der Waals surface area contributed by atoms with Crippen molar-refractivity contribution < 1.29 is 4.39 Å². The van der Waals surface area contributed by atoms with Gasteiger partial charge in [0, 0.05) is 44.6 Å². The lowest BCUT2D eigenvalue weighted by atomic mass is 10.2. The van der Waals surface area contributed by atoms with E-state index in [1.165, 1.54) is 12.1 Å². The molecule has 1 fully saturated rings. The molecule has 0 amide bonds. The Kier molecular flexibility index (Phi) is 8.69. The minimum atomic E-state index is -0.207. The largest absolute Gasteiger partial charge is 0.370 e. The van der Waals surface area contributed by atoms with E-state index >= 15 is 0 Å². The van der Waals surface area contributed by atoms with Crippen LogP contribution in [0.15, 0.2) is 59.7 Å². The summed E-state index contributed by atoms with van der Waals surface area (Å²) in [4.78, 5) is 13.4. The standard InChI is InChI=1S/C21H27FN6.HI/c1-16(2)14-25-21(23)26-15-17-7-8-24-20(13-17)28-11-9-27(10-12-28)19-5-3-18(22)4-6-19;/h3-8,13H,1,9-12,14-15H2,2H3,(H3,23,25,26);1H. The van der Waals surface area contributed by atoms with Gasteiger partial charge in [-0.1, -0.05) is 12.2 Å². The third-order valence-corrected chi connectivity index (χ3v) is 4.61. The molecule has 0 radical (unpaired) electrons. The molecule has 0 spiro atoms. The average Bonchev–Trinajstić information content (AvgIpc) is 2.71. The van der Waals surface area contributed by atoms with Crippen molar-refractivity contribution in [2.45, 2.75) is 13.5 Å². The maximum atomic E-state index is 13.1. The topological polar surface area (TPSA) is 69.8 Å². The Morgan fingerprint density at radius 3 is 2.48 bits per heavy atom. The van der Waals surface area contributed by atoms with Gasteiger partial charge in [0.1, 0.15) is 11.6 Å². The van der Waals surface area contributed by atoms with Gasteiger partial charge in [0.15, 0.2) is 5.96 Å². The second-order valence-electron chi connectivity index (χ2n) is 6.98. The summed E-state index contributed by atoms with van der Waals surface area (Å²) in [5.41, 5.74) is 8.99. The third-order valence-electron chi connectivity index (χ3n) is 4.61. The summed E-state index contributed by atoms with van der Waals surface area (Å²) in [6.07, 6.45) is 1.81. The highest BCUT2D eigenvalue weighted by Crippen LogP contribution is 2.20. The Balaban J connectivity index is 0.00000300. The fourth-order valence-corrected chi connectivity index (χ4v) is 3.05. The first kappa shape index (κ1) is 22.9. The SMILES string of the molecule is C=C(C)CNC(N)=NCc1ccnc(N2CCN(c3ccc(F)cc3)CC2)c1.I. The number of piperazine rings is 1. The smallest absolute Gasteiger partial charge is 0.189 e. The zero-order valence-corrected chi connectivity index (χ0v) is 19.0. The van der Waals surface area contributed by atoms with Crippen LogP contribution in [0, 0.1) is 5.82 Å². The fraction of sp³-hybridized carbons (Fsp3) is 0.333. The highest BCUT2D eigenvalue weighted by Gasteiger charge is 2.18. The van der Waals surface area contributed by atoms with Crippen LogP contribution in [0.4, 0.5) is 15.9 Å². The van der Waals surface area contributed by atoms with Crippen LogP contribution in [0.5, 0.6) is 0 Å². The normalized spacial score (nSPS) is 14.3. The van der Waals surface area contributed by atoms with Crippen molar-refractivity contribution in [3.05, 3.63) is 66.1 Å². The quantitative estimate of drug-likeness (QED) is 0.271. The van der Waals surface area contributed by atoms with E-state index in [0.29, 0.717) is 19.0 Å². The zero-order chi connectivity index (χ0) is 19.9. The number of hydrogen-bond acceptors (Lipinski definition) is 4. The first-order valence-electron chi connectivity index (χ1n) is 9.40. The molecule has 3 N–H and O–H groups in total. The second-order valence-corrected chi connectivity index (χ2v) is 6.98. The van der Waals surface area contributed by atoms with Gasteiger partial charge in [-0.05, 0) is 48.9 Å². The third kappa shape index (κ3) is 6.88. The molecule has 156 valence electrons. The van der Waals surface area contributed by atoms with Gasteiger partial charge in [0.05, 0.1) is 6.54 Å². The molecule has 0 unspecified atom stereocenters. The Hall–Kier alpha value is -2.36. The number of rotatable bonds is 6. The van der Waals surface area contributed by atoms with Crippen LogP contribution < -0.4 is 20.9 Å². The molecule has 2 heterocycles. The van der Waals surface area contributed by atoms with Crippen molar-refractivity contribution in [3.8, 4) is 0 Å². The van der Waals surface area contributed by atoms with Crippen molar-refractivity contribution in [2.75, 3.05) is 42.5 Å². The van der Waals surface area contributed by atoms with Crippen molar-refractivity contribution in [1.29, 1.82) is 0 Å². The highest BCUT2D eigenvalue weighted by atomic mass is 127. The van der Waals surface area contributed by atoms with E-state index in [-0.39, 0.29) is 29.8 Å². The Morgan fingerprint density at radius 1 is 1.17 bits per heavy atom. The van der Waals surface area contributed by atoms with E-state index in [4.69, 9.17) is 5.73 Å². The summed E-state index contributed by atoms with van der Waals surface area (Å²) in [6, 6.07) is 10.7. The molecule has 0 aliphatic carbocycles. The maximum Gasteiger partial charge on any atom is 0.189 e. The number of pyridine rings is 1. The average molecular weight is 510 g/mol. The van der Waals surface area contributed by atoms with Gasteiger partial charge in [-0.15, -0.1) is 24.0 Å². The van der Waals surface area contributed by atoms with E-state index in [1.807, 2.05) is 31.3 Å². The Labute approximate surface area is 188 Å². The number of halogens is 2. The van der Waals surface area contributed by atoms with Gasteiger partial charge in [-0.2, -0.15) is 0 Å². The molecule has 1 aromatic carbocycles. The Morgan fingerprint density at radius 2 is 1.83 bits per heavy atom. The molecule has 1 aliphatic rings. The molecule has 0 saturated carbocycles. The fourth-order valence-electron chi connectivity index (χ4n) is 3.05. The number of aromatic nitrogens is 1. The predicted molar refractivity (Wildman–Crippen MR) is 129 cm³/mol. The van der Waals surface area contributed by atoms with Gasteiger partial charge in [-0.25, -0.2) is 14.4 Å². The number of nitrogens with zero attached hydrogens (tertiary/aromatic N) is 4. The molecule has 1 aliphatic heterocycles. The monoisotopic (exact) mass is 510 g/mol. The number of anilines is 2. The number of nitrogens with one attached hydrogen (secondary N) is 1. The number of aliphatic imine (C=N–C) groups is 1. The second kappa shape index (κ2) is 11.0. The Bertz CT molecular complexity index is 831. The summed E-state index contributed by atoms with van der Waals surface area (Å²) < 4.78 is 13.1. The molecule has 6 nitrogen and oxygen atoms in total. The molecule has 2 aromatic rings. The lowest BCUT2D eigenvalue weighted by molar-refractivity contribution is 0.624. The van der Waals surface area contributed by atoms with E-state index < -0.39 is 0 Å². The molecule has 0 atom stereocenters. The number of hydrogen-bond donors (Lipinski definition) is 2. The van der Waals surface area contributed by atoms with Crippen molar-refractivity contribution >= 4 is 41.4 Å². The van der Waals surface area contributed by atoms with Crippen LogP contribution in [-0.4, -0.2) is 43.7 Å². The molecule has 1 aromatic heterocycles. The van der Waals surface area contributed by atoms with E-state index in [9.17, 15) is 4.39 Å². The van der Waals surface area contributed by atoms with Crippen LogP contribution >= 0.6 is 24.0 Å². The van der Waals surface area contributed by atoms with E-state index in [2.05, 4.69) is 37.7 Å². The van der Waals surface area contributed by atoms with Gasteiger partial charge >= 0.3 is 0 Å². The van der Waals surface area contributed by atoms with Crippen LogP contribution in [-0.2, 0) is 6.54 Å². The van der Waals surface area contributed by atoms with Gasteiger partial charge in [0.2, 0.25) is 0 Å². The summed E-state index contributed by atoms with van der Waals surface area (Å²) in [6.45, 7) is 10.3. The predicted octanol–water partition coefficient (Wildman–Crippen LogP) is 3.15. The van der Waals surface area contributed by atoms with Gasteiger partial charge < -0.3 is 20.9 Å². The highest BCUT2D eigenvalue weighted by molar-refractivity contribution is 14.0. The summed E-state index contributed by atoms with van der Waals surface area (Å²) >= 11 is 0. The van der Waals surface area contributed by atoms with Crippen molar-refractivity contribution in [1.82, 2.24) is 10.3 Å². The molecule has 8 heteroatoms.